The maximum Gasteiger partial charge on any atom is 0.239 e. The van der Waals surface area contributed by atoms with Crippen molar-refractivity contribution in [2.75, 3.05) is 18.5 Å². The fourth-order valence-electron chi connectivity index (χ4n) is 2.23. The van der Waals surface area contributed by atoms with Crippen LogP contribution in [-0.2, 0) is 4.79 Å². The van der Waals surface area contributed by atoms with Gasteiger partial charge in [0.25, 0.3) is 0 Å². The highest BCUT2D eigenvalue weighted by atomic mass is 16.5. The molecule has 0 aromatic heterocycles. The van der Waals surface area contributed by atoms with E-state index < -0.39 is 0 Å². The molecule has 0 saturated carbocycles. The van der Waals surface area contributed by atoms with E-state index in [9.17, 15) is 4.79 Å². The summed E-state index contributed by atoms with van der Waals surface area (Å²) in [6.45, 7) is 8.35. The van der Waals surface area contributed by atoms with Gasteiger partial charge in [-0.15, -0.1) is 0 Å². The van der Waals surface area contributed by atoms with E-state index in [1.54, 1.807) is 0 Å². The molecule has 1 unspecified atom stereocenters. The molecule has 0 fully saturated rings. The molecule has 24 heavy (non-hydrogen) atoms. The summed E-state index contributed by atoms with van der Waals surface area (Å²) in [6, 6.07) is 17.4. The Balaban J connectivity index is 1.89. The predicted octanol–water partition coefficient (Wildman–Crippen LogP) is 3.93. The first-order chi connectivity index (χ1) is 11.6. The molecular weight excluding hydrogens is 300 g/mol. The van der Waals surface area contributed by atoms with Crippen LogP contribution in [0.5, 0.6) is 5.75 Å². The summed E-state index contributed by atoms with van der Waals surface area (Å²) in [7, 11) is 0. The number of anilines is 1. The van der Waals surface area contributed by atoms with Crippen molar-refractivity contribution >= 4 is 11.6 Å². The van der Waals surface area contributed by atoms with Gasteiger partial charge in [0.15, 0.2) is 0 Å². The Morgan fingerprint density at radius 3 is 2.50 bits per heavy atom. The van der Waals surface area contributed by atoms with E-state index in [1.807, 2.05) is 68.4 Å². The highest BCUT2D eigenvalue weighted by Crippen LogP contribution is 2.23. The average Bonchev–Trinajstić information content (AvgIpc) is 2.59. The summed E-state index contributed by atoms with van der Waals surface area (Å²) in [5.74, 6) is 0.644. The summed E-state index contributed by atoms with van der Waals surface area (Å²) in [6.07, 6.45) is 0. The van der Waals surface area contributed by atoms with Crippen molar-refractivity contribution in [1.29, 1.82) is 0 Å². The summed E-state index contributed by atoms with van der Waals surface area (Å²) < 4.78 is 5.69. The van der Waals surface area contributed by atoms with Gasteiger partial charge in [-0.1, -0.05) is 49.0 Å². The Hall–Kier alpha value is -2.75. The standard InChI is InChI=1S/C20H24N2O2/c1-15(2)14-24-19-12-8-7-11-18(19)21-13-20(23)22-16(3)17-9-5-4-6-10-17/h4-12,16,21H,1,13-14H2,2-3H3,(H,22,23). The average molecular weight is 324 g/mol. The van der Waals surface area contributed by atoms with Crippen LogP contribution in [0.4, 0.5) is 5.69 Å². The van der Waals surface area contributed by atoms with Gasteiger partial charge >= 0.3 is 0 Å². The van der Waals surface area contributed by atoms with Crippen molar-refractivity contribution in [2.24, 2.45) is 0 Å². The first-order valence-electron chi connectivity index (χ1n) is 8.00. The molecule has 2 aromatic carbocycles. The second-order valence-electron chi connectivity index (χ2n) is 5.80. The quantitative estimate of drug-likeness (QED) is 0.723. The molecule has 1 atom stereocenters. The molecule has 0 bridgehead atoms. The highest BCUT2D eigenvalue weighted by molar-refractivity contribution is 5.81. The smallest absolute Gasteiger partial charge is 0.239 e. The van der Waals surface area contributed by atoms with Gasteiger partial charge < -0.3 is 15.4 Å². The summed E-state index contributed by atoms with van der Waals surface area (Å²) in [5, 5.41) is 6.11. The molecule has 4 nitrogen and oxygen atoms in total. The Bertz CT molecular complexity index is 683. The number of ether oxygens (including phenoxy) is 1. The highest BCUT2D eigenvalue weighted by Gasteiger charge is 2.10. The largest absolute Gasteiger partial charge is 0.487 e. The van der Waals surface area contributed by atoms with E-state index in [2.05, 4.69) is 17.2 Å². The number of amides is 1. The number of hydrogen-bond donors (Lipinski definition) is 2. The molecule has 1 amide bonds. The molecule has 0 aliphatic carbocycles. The molecule has 0 saturated heterocycles. The molecule has 4 heteroatoms. The first-order valence-corrected chi connectivity index (χ1v) is 8.00. The van der Waals surface area contributed by atoms with E-state index in [0.29, 0.717) is 12.4 Å². The van der Waals surface area contributed by atoms with Gasteiger partial charge in [-0.25, -0.2) is 0 Å². The van der Waals surface area contributed by atoms with Crippen LogP contribution in [0.3, 0.4) is 0 Å². The molecule has 0 aliphatic heterocycles. The minimum absolute atomic E-state index is 0.0320. The first kappa shape index (κ1) is 17.6. The zero-order chi connectivity index (χ0) is 17.4. The zero-order valence-electron chi connectivity index (χ0n) is 14.2. The third kappa shape index (κ3) is 5.47. The van der Waals surface area contributed by atoms with Crippen LogP contribution < -0.4 is 15.4 Å². The number of para-hydroxylation sites is 2. The molecule has 126 valence electrons. The third-order valence-corrected chi connectivity index (χ3v) is 3.48. The lowest BCUT2D eigenvalue weighted by atomic mass is 10.1. The van der Waals surface area contributed by atoms with Gasteiger partial charge in [0.1, 0.15) is 12.4 Å². The van der Waals surface area contributed by atoms with Crippen LogP contribution >= 0.6 is 0 Å². The minimum Gasteiger partial charge on any atom is -0.487 e. The Morgan fingerprint density at radius 1 is 1.12 bits per heavy atom. The van der Waals surface area contributed by atoms with Crippen molar-refractivity contribution in [1.82, 2.24) is 5.32 Å². The topological polar surface area (TPSA) is 50.4 Å². The second-order valence-corrected chi connectivity index (χ2v) is 5.80. The summed E-state index contributed by atoms with van der Waals surface area (Å²) in [5.41, 5.74) is 2.82. The SMILES string of the molecule is C=C(C)COc1ccccc1NCC(=O)NC(C)c1ccccc1. The number of carbonyl (C=O) groups is 1. The van der Waals surface area contributed by atoms with Gasteiger partial charge in [-0.05, 0) is 37.1 Å². The van der Waals surface area contributed by atoms with E-state index >= 15 is 0 Å². The van der Waals surface area contributed by atoms with Gasteiger partial charge in [-0.3, -0.25) is 4.79 Å². The molecule has 0 radical (unpaired) electrons. The molecule has 0 heterocycles. The van der Waals surface area contributed by atoms with Crippen molar-refractivity contribution in [3.8, 4) is 5.75 Å². The van der Waals surface area contributed by atoms with Crippen LogP contribution in [0, 0.1) is 0 Å². The number of carbonyl (C=O) groups excluding carboxylic acids is 1. The van der Waals surface area contributed by atoms with Gasteiger partial charge in [0.2, 0.25) is 5.91 Å². The van der Waals surface area contributed by atoms with E-state index in [1.165, 1.54) is 0 Å². The Labute approximate surface area is 143 Å². The van der Waals surface area contributed by atoms with E-state index in [4.69, 9.17) is 4.74 Å². The maximum absolute atomic E-state index is 12.1. The van der Waals surface area contributed by atoms with Crippen molar-refractivity contribution in [3.05, 3.63) is 72.3 Å². The van der Waals surface area contributed by atoms with E-state index in [-0.39, 0.29) is 18.5 Å². The van der Waals surface area contributed by atoms with Crippen LogP contribution in [-0.4, -0.2) is 19.1 Å². The second kappa shape index (κ2) is 8.77. The van der Waals surface area contributed by atoms with Crippen LogP contribution in [0.2, 0.25) is 0 Å². The Morgan fingerprint density at radius 2 is 1.79 bits per heavy atom. The van der Waals surface area contributed by atoms with Crippen molar-refractivity contribution < 1.29 is 9.53 Å². The molecular formula is C20H24N2O2. The van der Waals surface area contributed by atoms with Gasteiger partial charge in [-0.2, -0.15) is 0 Å². The lowest BCUT2D eigenvalue weighted by molar-refractivity contribution is -0.120. The number of hydrogen-bond acceptors (Lipinski definition) is 3. The van der Waals surface area contributed by atoms with Gasteiger partial charge in [0, 0.05) is 0 Å². The maximum atomic E-state index is 12.1. The third-order valence-electron chi connectivity index (χ3n) is 3.48. The number of nitrogens with one attached hydrogen (secondary N) is 2. The normalized spacial score (nSPS) is 11.4. The number of benzene rings is 2. The molecule has 0 aliphatic rings. The molecule has 0 spiro atoms. The van der Waals surface area contributed by atoms with Crippen molar-refractivity contribution in [2.45, 2.75) is 19.9 Å². The monoisotopic (exact) mass is 324 g/mol. The van der Waals surface area contributed by atoms with Crippen LogP contribution in [0.15, 0.2) is 66.7 Å². The van der Waals surface area contributed by atoms with Crippen molar-refractivity contribution in [3.63, 3.8) is 0 Å². The molecule has 2 N–H and O–H groups in total. The fourth-order valence-corrected chi connectivity index (χ4v) is 2.23. The lowest BCUT2D eigenvalue weighted by Crippen LogP contribution is -2.32. The van der Waals surface area contributed by atoms with Crippen LogP contribution in [0.25, 0.3) is 0 Å². The summed E-state index contributed by atoms with van der Waals surface area (Å²) >= 11 is 0. The van der Waals surface area contributed by atoms with Crippen LogP contribution in [0.1, 0.15) is 25.5 Å². The lowest BCUT2D eigenvalue weighted by Gasteiger charge is -2.16. The molecule has 2 rings (SSSR count). The Kier molecular flexibility index (Phi) is 6.43. The minimum atomic E-state index is -0.0685. The zero-order valence-corrected chi connectivity index (χ0v) is 14.2. The fraction of sp³-hybridized carbons (Fsp3) is 0.250. The number of rotatable bonds is 8. The molecule has 2 aromatic rings. The summed E-state index contributed by atoms with van der Waals surface area (Å²) in [4.78, 5) is 12.1. The predicted molar refractivity (Wildman–Crippen MR) is 98.2 cm³/mol. The van der Waals surface area contributed by atoms with Gasteiger partial charge in [0.05, 0.1) is 18.3 Å². The van der Waals surface area contributed by atoms with E-state index in [0.717, 1.165) is 16.8 Å².